The van der Waals surface area contributed by atoms with Crippen molar-refractivity contribution in [2.75, 3.05) is 19.6 Å². The highest BCUT2D eigenvalue weighted by atomic mass is 127. The molecule has 1 aliphatic rings. The maximum atomic E-state index is 12.7. The zero-order valence-corrected chi connectivity index (χ0v) is 14.5. The van der Waals surface area contributed by atoms with E-state index < -0.39 is 0 Å². The van der Waals surface area contributed by atoms with E-state index in [1.807, 2.05) is 35.0 Å². The molecule has 2 N–H and O–H groups in total. The Morgan fingerprint density at radius 2 is 2.33 bits per heavy atom. The van der Waals surface area contributed by atoms with Gasteiger partial charge >= 0.3 is 0 Å². The summed E-state index contributed by atoms with van der Waals surface area (Å²) >= 11 is 2.20. The number of aromatic nitrogens is 3. The monoisotopic (exact) mass is 421 g/mol. The maximum absolute atomic E-state index is 12.7. The van der Waals surface area contributed by atoms with Crippen LogP contribution >= 0.6 is 35.0 Å². The normalized spacial score (nSPS) is 18.4. The summed E-state index contributed by atoms with van der Waals surface area (Å²) in [6, 6.07) is 1.85. The Balaban J connectivity index is 0.00000161. The molecular weight excluding hydrogens is 405 g/mol. The molecule has 2 aromatic heterocycles. The number of piperazine rings is 1. The molecule has 1 aliphatic heterocycles. The second kappa shape index (κ2) is 6.80. The standard InChI is InChI=1S/C13H16IN5O.ClH/c1-18-4-3-16-12(18)11-8-15-2-5-19(11)13(20)10-6-9(14)7-17-10;/h3-4,6-7,11,15,17H,2,5,8H2,1H3;1H. The molecule has 1 unspecified atom stereocenters. The van der Waals surface area contributed by atoms with Crippen molar-refractivity contribution in [2.45, 2.75) is 6.04 Å². The molecule has 1 amide bonds. The van der Waals surface area contributed by atoms with E-state index in [1.54, 1.807) is 6.20 Å². The molecule has 8 heteroatoms. The van der Waals surface area contributed by atoms with Crippen LogP contribution in [0.25, 0.3) is 0 Å². The van der Waals surface area contributed by atoms with Crippen LogP contribution in [0.4, 0.5) is 0 Å². The Kier molecular flexibility index (Phi) is 5.28. The highest BCUT2D eigenvalue weighted by Crippen LogP contribution is 2.22. The van der Waals surface area contributed by atoms with Crippen molar-refractivity contribution in [2.24, 2.45) is 7.05 Å². The van der Waals surface area contributed by atoms with Crippen LogP contribution in [0, 0.1) is 3.57 Å². The number of H-pyrrole nitrogens is 1. The molecule has 21 heavy (non-hydrogen) atoms. The quantitative estimate of drug-likeness (QED) is 0.724. The molecule has 1 fully saturated rings. The van der Waals surface area contributed by atoms with Crippen molar-refractivity contribution in [1.82, 2.24) is 24.8 Å². The summed E-state index contributed by atoms with van der Waals surface area (Å²) in [5, 5.41) is 3.33. The van der Waals surface area contributed by atoms with Gasteiger partial charge in [0.25, 0.3) is 5.91 Å². The number of halogens is 2. The number of amides is 1. The lowest BCUT2D eigenvalue weighted by molar-refractivity contribution is 0.0615. The number of carbonyl (C=O) groups is 1. The predicted octanol–water partition coefficient (Wildman–Crippen LogP) is 1.56. The van der Waals surface area contributed by atoms with Crippen LogP contribution in [-0.2, 0) is 7.05 Å². The van der Waals surface area contributed by atoms with Crippen molar-refractivity contribution in [3.63, 3.8) is 0 Å². The van der Waals surface area contributed by atoms with Gasteiger partial charge in [-0.1, -0.05) is 0 Å². The van der Waals surface area contributed by atoms with Crippen LogP contribution in [0.3, 0.4) is 0 Å². The topological polar surface area (TPSA) is 66.0 Å². The van der Waals surface area contributed by atoms with E-state index in [1.165, 1.54) is 0 Å². The van der Waals surface area contributed by atoms with Crippen LogP contribution in [0.5, 0.6) is 0 Å². The van der Waals surface area contributed by atoms with Gasteiger partial charge in [-0.3, -0.25) is 4.79 Å². The van der Waals surface area contributed by atoms with Gasteiger partial charge in [0.05, 0.1) is 0 Å². The minimum atomic E-state index is -0.0304. The lowest BCUT2D eigenvalue weighted by Crippen LogP contribution is -2.49. The maximum Gasteiger partial charge on any atom is 0.271 e. The van der Waals surface area contributed by atoms with Crippen molar-refractivity contribution in [3.05, 3.63) is 39.7 Å². The van der Waals surface area contributed by atoms with Crippen LogP contribution < -0.4 is 5.32 Å². The molecule has 3 heterocycles. The van der Waals surface area contributed by atoms with Crippen LogP contribution in [0.1, 0.15) is 22.4 Å². The first-order chi connectivity index (χ1) is 9.66. The second-order valence-electron chi connectivity index (χ2n) is 4.85. The third-order valence-corrected chi connectivity index (χ3v) is 4.16. The van der Waals surface area contributed by atoms with E-state index in [4.69, 9.17) is 0 Å². The van der Waals surface area contributed by atoms with Crippen molar-refractivity contribution in [1.29, 1.82) is 0 Å². The third-order valence-electron chi connectivity index (χ3n) is 3.54. The Hall–Kier alpha value is -1.06. The van der Waals surface area contributed by atoms with Crippen LogP contribution in [-0.4, -0.2) is 45.0 Å². The van der Waals surface area contributed by atoms with Gasteiger partial charge in [0.2, 0.25) is 0 Å². The van der Waals surface area contributed by atoms with Gasteiger partial charge in [0.15, 0.2) is 0 Å². The van der Waals surface area contributed by atoms with Crippen LogP contribution in [0.2, 0.25) is 0 Å². The summed E-state index contributed by atoms with van der Waals surface area (Å²) in [6.07, 6.45) is 5.51. The van der Waals surface area contributed by atoms with Gasteiger partial charge in [-0.15, -0.1) is 12.4 Å². The molecule has 0 bridgehead atoms. The van der Waals surface area contributed by atoms with Gasteiger partial charge in [-0.25, -0.2) is 4.98 Å². The number of imidazole rings is 1. The SMILES string of the molecule is Cl.Cn1ccnc1C1CNCCN1C(=O)c1cc(I)c[nH]1. The molecule has 2 aromatic rings. The molecule has 0 radical (unpaired) electrons. The van der Waals surface area contributed by atoms with Gasteiger partial charge in [0.1, 0.15) is 17.6 Å². The van der Waals surface area contributed by atoms with E-state index in [9.17, 15) is 4.79 Å². The summed E-state index contributed by atoms with van der Waals surface area (Å²) in [4.78, 5) is 22.0. The molecule has 114 valence electrons. The van der Waals surface area contributed by atoms with Crippen molar-refractivity contribution < 1.29 is 4.79 Å². The molecule has 0 saturated carbocycles. The minimum Gasteiger partial charge on any atom is -0.356 e. The summed E-state index contributed by atoms with van der Waals surface area (Å²) < 4.78 is 3.01. The molecule has 6 nitrogen and oxygen atoms in total. The van der Waals surface area contributed by atoms with Crippen LogP contribution in [0.15, 0.2) is 24.7 Å². The first-order valence-corrected chi connectivity index (χ1v) is 7.57. The average molecular weight is 422 g/mol. The van der Waals surface area contributed by atoms with E-state index in [2.05, 4.69) is 37.9 Å². The lowest BCUT2D eigenvalue weighted by Gasteiger charge is -2.35. The molecule has 0 aliphatic carbocycles. The van der Waals surface area contributed by atoms with E-state index in [-0.39, 0.29) is 24.4 Å². The second-order valence-corrected chi connectivity index (χ2v) is 6.09. The minimum absolute atomic E-state index is 0. The summed E-state index contributed by atoms with van der Waals surface area (Å²) in [5.74, 6) is 0.939. The Bertz CT molecular complexity index is 626. The van der Waals surface area contributed by atoms with Crippen molar-refractivity contribution in [3.8, 4) is 0 Å². The molecule has 0 aromatic carbocycles. The fraction of sp³-hybridized carbons (Fsp3) is 0.385. The van der Waals surface area contributed by atoms with E-state index in [0.717, 1.165) is 22.5 Å². The molecule has 1 atom stereocenters. The Labute approximate surface area is 142 Å². The average Bonchev–Trinajstić information content (AvgIpc) is 3.07. The van der Waals surface area contributed by atoms with Gasteiger partial charge < -0.3 is 19.8 Å². The summed E-state index contributed by atoms with van der Waals surface area (Å²) in [6.45, 7) is 2.23. The number of nitrogens with zero attached hydrogens (tertiary/aromatic N) is 3. The number of nitrogens with one attached hydrogen (secondary N) is 2. The van der Waals surface area contributed by atoms with Crippen molar-refractivity contribution >= 4 is 40.9 Å². The first-order valence-electron chi connectivity index (χ1n) is 6.49. The third kappa shape index (κ3) is 3.24. The highest BCUT2D eigenvalue weighted by Gasteiger charge is 2.31. The first kappa shape index (κ1) is 16.3. The Morgan fingerprint density at radius 1 is 1.52 bits per heavy atom. The number of rotatable bonds is 2. The van der Waals surface area contributed by atoms with Gasteiger partial charge in [-0.05, 0) is 28.7 Å². The fourth-order valence-corrected chi connectivity index (χ4v) is 2.99. The largest absolute Gasteiger partial charge is 0.356 e. The molecular formula is C13H17ClIN5O. The van der Waals surface area contributed by atoms with Gasteiger partial charge in [0, 0.05) is 48.8 Å². The number of aryl methyl sites for hydroxylation is 1. The highest BCUT2D eigenvalue weighted by molar-refractivity contribution is 14.1. The zero-order valence-electron chi connectivity index (χ0n) is 11.5. The van der Waals surface area contributed by atoms with E-state index in [0.29, 0.717) is 12.2 Å². The molecule has 3 rings (SSSR count). The number of hydrogen-bond donors (Lipinski definition) is 2. The van der Waals surface area contributed by atoms with E-state index >= 15 is 0 Å². The number of carbonyl (C=O) groups excluding carboxylic acids is 1. The smallest absolute Gasteiger partial charge is 0.271 e. The molecule has 1 saturated heterocycles. The van der Waals surface area contributed by atoms with Gasteiger partial charge in [-0.2, -0.15) is 0 Å². The zero-order chi connectivity index (χ0) is 14.1. The summed E-state index contributed by atoms with van der Waals surface area (Å²) in [7, 11) is 1.96. The lowest BCUT2D eigenvalue weighted by atomic mass is 10.1. The number of aromatic amines is 1. The molecule has 0 spiro atoms. The summed E-state index contributed by atoms with van der Waals surface area (Å²) in [5.41, 5.74) is 0.635. The Morgan fingerprint density at radius 3 is 2.95 bits per heavy atom. The fourth-order valence-electron chi connectivity index (χ4n) is 2.52. The number of hydrogen-bond acceptors (Lipinski definition) is 3. The predicted molar refractivity (Wildman–Crippen MR) is 90.6 cm³/mol.